The number of amides is 4. The number of urea groups is 1. The summed E-state index contributed by atoms with van der Waals surface area (Å²) in [6, 6.07) is 11.5. The van der Waals surface area contributed by atoms with Gasteiger partial charge in [0.15, 0.2) is 0 Å². The highest BCUT2D eigenvalue weighted by atomic mass is 16.2. The van der Waals surface area contributed by atoms with Crippen molar-refractivity contribution >= 4 is 29.4 Å². The number of β-lactam (4-membered cyclic amide) rings is 1. The average Bonchev–Trinajstić information content (AvgIpc) is 3.74. The van der Waals surface area contributed by atoms with E-state index in [2.05, 4.69) is 10.3 Å². The maximum absolute atomic E-state index is 13.7. The van der Waals surface area contributed by atoms with Crippen LogP contribution in [0.1, 0.15) is 56.9 Å². The molecule has 3 atom stereocenters. The summed E-state index contributed by atoms with van der Waals surface area (Å²) in [5, 5.41) is 3.21. The Labute approximate surface area is 218 Å². The zero-order valence-corrected chi connectivity index (χ0v) is 21.5. The number of likely N-dealkylation sites (tertiary alicyclic amines) is 1. The summed E-state index contributed by atoms with van der Waals surface area (Å²) in [7, 11) is 1.69. The monoisotopic (exact) mass is 503 g/mol. The predicted octanol–water partition coefficient (Wildman–Crippen LogP) is 4.15. The molecule has 0 unspecified atom stereocenters. The number of nitrogens with one attached hydrogen (secondary N) is 1. The lowest BCUT2D eigenvalue weighted by molar-refractivity contribution is -0.156. The van der Waals surface area contributed by atoms with Crippen LogP contribution in [-0.2, 0) is 16.0 Å². The minimum Gasteiger partial charge on any atom is -0.384 e. The molecule has 0 bridgehead atoms. The Morgan fingerprint density at radius 2 is 1.84 bits per heavy atom. The molecule has 8 nitrogen and oxygen atoms in total. The number of rotatable bonds is 8. The third-order valence-electron chi connectivity index (χ3n) is 8.27. The number of likely N-dealkylation sites (N-methyl/N-ethyl adjacent to an activating group) is 1. The Morgan fingerprint density at radius 3 is 2.51 bits per heavy atom. The van der Waals surface area contributed by atoms with Crippen LogP contribution in [-0.4, -0.2) is 46.9 Å². The predicted molar refractivity (Wildman–Crippen MR) is 143 cm³/mol. The molecule has 1 saturated heterocycles. The minimum atomic E-state index is -0.875. The smallest absolute Gasteiger partial charge is 0.325 e. The second-order valence-corrected chi connectivity index (χ2v) is 10.9. The number of aromatic nitrogens is 1. The maximum atomic E-state index is 13.7. The first-order valence-electron chi connectivity index (χ1n) is 13.6. The summed E-state index contributed by atoms with van der Waals surface area (Å²) >= 11 is 0. The largest absolute Gasteiger partial charge is 0.384 e. The van der Waals surface area contributed by atoms with Gasteiger partial charge in [-0.25, -0.2) is 9.78 Å². The molecule has 0 spiro atoms. The molecular weight excluding hydrogens is 466 g/mol. The number of nitrogen functional groups attached to an aromatic ring is 1. The maximum Gasteiger partial charge on any atom is 0.325 e. The number of imide groups is 1. The van der Waals surface area contributed by atoms with Gasteiger partial charge in [-0.1, -0.05) is 50.3 Å². The van der Waals surface area contributed by atoms with E-state index >= 15 is 0 Å². The second-order valence-electron chi connectivity index (χ2n) is 10.9. The highest BCUT2D eigenvalue weighted by Gasteiger charge is 2.55. The molecule has 196 valence electrons. The van der Waals surface area contributed by atoms with Crippen molar-refractivity contribution in [1.82, 2.24) is 15.2 Å². The molecule has 1 aromatic heterocycles. The van der Waals surface area contributed by atoms with Crippen molar-refractivity contribution in [3.8, 4) is 0 Å². The van der Waals surface area contributed by atoms with Crippen LogP contribution in [0.3, 0.4) is 0 Å². The number of nitrogens with zero attached hydrogens (tertiary/aromatic N) is 3. The van der Waals surface area contributed by atoms with Crippen LogP contribution < -0.4 is 16.0 Å². The van der Waals surface area contributed by atoms with Gasteiger partial charge in [-0.15, -0.1) is 0 Å². The van der Waals surface area contributed by atoms with Crippen LogP contribution in [0.2, 0.25) is 0 Å². The van der Waals surface area contributed by atoms with E-state index in [0.29, 0.717) is 29.8 Å². The normalized spacial score (nSPS) is 22.7. The standard InChI is InChI=1S/C29H37N5O3/c1-33(22-10-6-3-7-11-22)28(36)26-23(16-20-14-15-31-25(30)18-20)27(35)34(26)29(37)32-24(17-19-12-13-19)21-8-4-2-5-9-21/h3,6-7,10-11,14-15,18-19,21,23-24,26H,2,4-5,8-9,12-13,16-17H2,1H3,(H2,30,31)(H,32,37)/t23-,24+,26+/m1/s1. The topological polar surface area (TPSA) is 109 Å². The summed E-state index contributed by atoms with van der Waals surface area (Å²) in [6.07, 6.45) is 11.1. The van der Waals surface area contributed by atoms with Crippen LogP contribution in [0.4, 0.5) is 16.3 Å². The number of para-hydroxylation sites is 1. The van der Waals surface area contributed by atoms with Gasteiger partial charge in [0, 0.05) is 25.0 Å². The molecule has 4 amide bonds. The molecule has 37 heavy (non-hydrogen) atoms. The lowest BCUT2D eigenvalue weighted by Crippen LogP contribution is -2.71. The minimum absolute atomic E-state index is 0.0507. The fourth-order valence-corrected chi connectivity index (χ4v) is 5.96. The average molecular weight is 504 g/mol. The molecule has 2 aliphatic carbocycles. The van der Waals surface area contributed by atoms with Crippen LogP contribution >= 0.6 is 0 Å². The van der Waals surface area contributed by atoms with Gasteiger partial charge in [-0.3, -0.25) is 14.5 Å². The van der Waals surface area contributed by atoms with Crippen LogP contribution in [0.5, 0.6) is 0 Å². The molecular formula is C29H37N5O3. The Hall–Kier alpha value is -3.42. The third kappa shape index (κ3) is 5.63. The highest BCUT2D eigenvalue weighted by molar-refractivity contribution is 6.12. The van der Waals surface area contributed by atoms with Gasteiger partial charge in [0.2, 0.25) is 5.91 Å². The van der Waals surface area contributed by atoms with Gasteiger partial charge < -0.3 is 16.0 Å². The van der Waals surface area contributed by atoms with Crippen LogP contribution in [0, 0.1) is 17.8 Å². The number of hydrogen-bond donors (Lipinski definition) is 2. The van der Waals surface area contributed by atoms with Crippen molar-refractivity contribution < 1.29 is 14.4 Å². The van der Waals surface area contributed by atoms with Gasteiger partial charge in [0.25, 0.3) is 5.91 Å². The van der Waals surface area contributed by atoms with Crippen molar-refractivity contribution in [2.24, 2.45) is 17.8 Å². The Bertz CT molecular complexity index is 1130. The summed E-state index contributed by atoms with van der Waals surface area (Å²) < 4.78 is 0. The number of carbonyl (C=O) groups excluding carboxylic acids is 3. The second kappa shape index (κ2) is 10.9. The molecule has 8 heteroatoms. The summed E-state index contributed by atoms with van der Waals surface area (Å²) in [6.45, 7) is 0. The van der Waals surface area contributed by atoms with Crippen molar-refractivity contribution in [2.75, 3.05) is 17.7 Å². The van der Waals surface area contributed by atoms with Gasteiger partial charge >= 0.3 is 6.03 Å². The van der Waals surface area contributed by atoms with Gasteiger partial charge in [0.1, 0.15) is 11.9 Å². The molecule has 1 aliphatic heterocycles. The number of pyridine rings is 1. The lowest BCUT2D eigenvalue weighted by atomic mass is 9.80. The van der Waals surface area contributed by atoms with E-state index in [-0.39, 0.29) is 17.9 Å². The quantitative estimate of drug-likeness (QED) is 0.526. The fraction of sp³-hybridized carbons (Fsp3) is 0.517. The summed E-state index contributed by atoms with van der Waals surface area (Å²) in [4.78, 5) is 47.5. The van der Waals surface area contributed by atoms with Crippen molar-refractivity contribution in [3.63, 3.8) is 0 Å². The first kappa shape index (κ1) is 25.2. The summed E-state index contributed by atoms with van der Waals surface area (Å²) in [5.74, 6) is 0.226. The third-order valence-corrected chi connectivity index (χ3v) is 8.27. The molecule has 2 saturated carbocycles. The first-order chi connectivity index (χ1) is 17.9. The number of nitrogens with two attached hydrogens (primary N) is 1. The number of benzene rings is 1. The van der Waals surface area contributed by atoms with E-state index in [1.807, 2.05) is 30.3 Å². The first-order valence-corrected chi connectivity index (χ1v) is 13.6. The van der Waals surface area contributed by atoms with E-state index < -0.39 is 18.0 Å². The van der Waals surface area contributed by atoms with Crippen LogP contribution in [0.15, 0.2) is 48.7 Å². The van der Waals surface area contributed by atoms with Gasteiger partial charge in [0.05, 0.1) is 5.92 Å². The van der Waals surface area contributed by atoms with E-state index in [0.717, 1.165) is 24.8 Å². The number of carbonyl (C=O) groups is 3. The van der Waals surface area contributed by atoms with E-state index in [4.69, 9.17) is 5.73 Å². The summed E-state index contributed by atoms with van der Waals surface area (Å²) in [5.41, 5.74) is 7.38. The number of hydrogen-bond acceptors (Lipinski definition) is 5. The zero-order chi connectivity index (χ0) is 25.9. The molecule has 3 N–H and O–H groups in total. The van der Waals surface area contributed by atoms with Crippen molar-refractivity contribution in [1.29, 1.82) is 0 Å². The van der Waals surface area contributed by atoms with E-state index in [1.165, 1.54) is 41.9 Å². The van der Waals surface area contributed by atoms with Crippen molar-refractivity contribution in [3.05, 3.63) is 54.2 Å². The zero-order valence-electron chi connectivity index (χ0n) is 21.5. The molecule has 2 aromatic rings. The lowest BCUT2D eigenvalue weighted by Gasteiger charge is -2.46. The molecule has 3 aliphatic rings. The molecule has 5 rings (SSSR count). The Morgan fingerprint density at radius 1 is 1.11 bits per heavy atom. The van der Waals surface area contributed by atoms with Gasteiger partial charge in [-0.05, 0) is 67.3 Å². The molecule has 1 aromatic carbocycles. The van der Waals surface area contributed by atoms with Crippen LogP contribution in [0.25, 0.3) is 0 Å². The molecule has 0 radical (unpaired) electrons. The molecule has 3 fully saturated rings. The number of anilines is 2. The highest BCUT2D eigenvalue weighted by Crippen LogP contribution is 2.39. The van der Waals surface area contributed by atoms with Crippen molar-refractivity contribution in [2.45, 2.75) is 69.9 Å². The van der Waals surface area contributed by atoms with Gasteiger partial charge in [-0.2, -0.15) is 0 Å². The Balaban J connectivity index is 1.37. The molecule has 2 heterocycles. The van der Waals surface area contributed by atoms with E-state index in [1.54, 1.807) is 25.4 Å². The van der Waals surface area contributed by atoms with E-state index in [9.17, 15) is 14.4 Å². The fourth-order valence-electron chi connectivity index (χ4n) is 5.96. The SMILES string of the molecule is CN(C(=O)[C@@H]1[C@@H](Cc2ccnc(N)c2)C(=O)N1C(=O)N[C@@H](CC1CC1)C1CCCCC1)c1ccccc1. The Kier molecular flexibility index (Phi) is 7.44.